The van der Waals surface area contributed by atoms with Crippen LogP contribution >= 0.6 is 0 Å². The van der Waals surface area contributed by atoms with Crippen LogP contribution < -0.4 is 9.21 Å². The average molecular weight is 449 g/mol. The highest BCUT2D eigenvalue weighted by molar-refractivity contribution is 7.94. The second-order valence-electron chi connectivity index (χ2n) is 9.34. The predicted molar refractivity (Wildman–Crippen MR) is 129 cm³/mol. The maximum absolute atomic E-state index is 13.6. The van der Waals surface area contributed by atoms with Gasteiger partial charge in [-0.25, -0.2) is 13.2 Å². The fourth-order valence-electron chi connectivity index (χ4n) is 4.02. The maximum Gasteiger partial charge on any atom is 0.343 e. The van der Waals surface area contributed by atoms with Gasteiger partial charge < -0.3 is 0 Å². The van der Waals surface area contributed by atoms with Gasteiger partial charge in [0.2, 0.25) is 0 Å². The van der Waals surface area contributed by atoms with Gasteiger partial charge in [0.15, 0.2) is 0 Å². The molecule has 0 aromatic heterocycles. The number of para-hydroxylation sites is 1. The van der Waals surface area contributed by atoms with Crippen molar-refractivity contribution in [2.45, 2.75) is 51.5 Å². The van der Waals surface area contributed by atoms with E-state index in [9.17, 15) is 13.2 Å². The molecule has 166 valence electrons. The third-order valence-electron chi connectivity index (χ3n) is 5.81. The van der Waals surface area contributed by atoms with E-state index in [1.54, 1.807) is 35.2 Å². The molecule has 0 unspecified atom stereocenters. The molecule has 0 aliphatic carbocycles. The lowest BCUT2D eigenvalue weighted by molar-refractivity contribution is 0.253. The number of benzene rings is 3. The van der Waals surface area contributed by atoms with Gasteiger partial charge in [0.25, 0.3) is 10.0 Å². The molecule has 0 bridgehead atoms. The number of carbonyl (C=O) groups excluding carboxylic acids is 1. The van der Waals surface area contributed by atoms with Crippen molar-refractivity contribution < 1.29 is 13.2 Å². The van der Waals surface area contributed by atoms with Gasteiger partial charge in [0, 0.05) is 0 Å². The Bertz CT molecular complexity index is 1290. The van der Waals surface area contributed by atoms with Crippen LogP contribution in [0.1, 0.15) is 43.0 Å². The van der Waals surface area contributed by atoms with Crippen molar-refractivity contribution in [3.63, 3.8) is 0 Å². The molecule has 4 rings (SSSR count). The van der Waals surface area contributed by atoms with Crippen LogP contribution in [0.5, 0.6) is 0 Å². The number of sulfonamides is 1. The van der Waals surface area contributed by atoms with E-state index in [1.807, 2.05) is 38.1 Å². The summed E-state index contributed by atoms with van der Waals surface area (Å²) in [6, 6.07) is 19.6. The second kappa shape index (κ2) is 7.78. The van der Waals surface area contributed by atoms with E-state index in [2.05, 4.69) is 32.9 Å². The number of aryl methyl sites for hydroxylation is 2. The second-order valence-corrected chi connectivity index (χ2v) is 11.1. The zero-order chi connectivity index (χ0) is 23.3. The fourth-order valence-corrected chi connectivity index (χ4v) is 5.68. The zero-order valence-corrected chi connectivity index (χ0v) is 19.9. The van der Waals surface area contributed by atoms with E-state index in [0.29, 0.717) is 11.4 Å². The van der Waals surface area contributed by atoms with Gasteiger partial charge >= 0.3 is 6.03 Å². The Balaban J connectivity index is 1.81. The van der Waals surface area contributed by atoms with Crippen LogP contribution in [0.4, 0.5) is 16.2 Å². The summed E-state index contributed by atoms with van der Waals surface area (Å²) in [5.74, 6) is 0. The van der Waals surface area contributed by atoms with E-state index in [1.165, 1.54) is 5.56 Å². The lowest BCUT2D eigenvalue weighted by Crippen LogP contribution is -2.51. The molecule has 2 amide bonds. The Kier molecular flexibility index (Phi) is 5.37. The Morgan fingerprint density at radius 2 is 1.50 bits per heavy atom. The van der Waals surface area contributed by atoms with Gasteiger partial charge in [-0.15, -0.1) is 0 Å². The number of hydrogen-bond donors (Lipinski definition) is 0. The van der Waals surface area contributed by atoms with Crippen LogP contribution in [0.25, 0.3) is 0 Å². The lowest BCUT2D eigenvalue weighted by Gasteiger charge is -2.37. The highest BCUT2D eigenvalue weighted by Gasteiger charge is 2.42. The van der Waals surface area contributed by atoms with E-state index >= 15 is 0 Å². The molecule has 1 aliphatic heterocycles. The summed E-state index contributed by atoms with van der Waals surface area (Å²) in [5.41, 5.74) is 4.67. The number of carbonyl (C=O) groups is 1. The molecule has 0 N–H and O–H groups in total. The van der Waals surface area contributed by atoms with Crippen molar-refractivity contribution in [2.75, 3.05) is 9.21 Å². The summed E-state index contributed by atoms with van der Waals surface area (Å²) in [7, 11) is -4.03. The molecule has 0 atom stereocenters. The van der Waals surface area contributed by atoms with Crippen LogP contribution in [-0.4, -0.2) is 14.4 Å². The van der Waals surface area contributed by atoms with Crippen LogP contribution in [0.3, 0.4) is 0 Å². The van der Waals surface area contributed by atoms with Crippen LogP contribution in [-0.2, 0) is 22.0 Å². The molecule has 0 spiro atoms. The first kappa shape index (κ1) is 22.1. The largest absolute Gasteiger partial charge is 0.343 e. The molecule has 1 aliphatic rings. The Morgan fingerprint density at radius 1 is 0.844 bits per heavy atom. The van der Waals surface area contributed by atoms with Gasteiger partial charge in [-0.05, 0) is 54.2 Å². The SMILES string of the molecule is Cc1ccc(N2C(=O)N(Cc3ccc(C(C)(C)C)cc3)c3ccccc3S2(=O)=O)c(C)c1. The molecule has 3 aromatic carbocycles. The number of amides is 2. The van der Waals surface area contributed by atoms with E-state index in [4.69, 9.17) is 0 Å². The van der Waals surface area contributed by atoms with Gasteiger partial charge in [0.05, 0.1) is 17.9 Å². The van der Waals surface area contributed by atoms with Crippen molar-refractivity contribution in [3.8, 4) is 0 Å². The Labute approximate surface area is 190 Å². The first-order valence-electron chi connectivity index (χ1n) is 10.6. The van der Waals surface area contributed by atoms with Crippen LogP contribution in [0.15, 0.2) is 71.6 Å². The molecular weight excluding hydrogens is 420 g/mol. The monoisotopic (exact) mass is 448 g/mol. The van der Waals surface area contributed by atoms with Crippen molar-refractivity contribution >= 4 is 27.4 Å². The molecule has 3 aromatic rings. The molecule has 1 heterocycles. The molecule has 0 saturated carbocycles. The van der Waals surface area contributed by atoms with Gasteiger partial charge in [-0.1, -0.05) is 74.9 Å². The minimum atomic E-state index is -4.03. The third kappa shape index (κ3) is 3.79. The predicted octanol–water partition coefficient (Wildman–Crippen LogP) is 5.94. The third-order valence-corrected chi connectivity index (χ3v) is 7.55. The van der Waals surface area contributed by atoms with Gasteiger partial charge in [-0.2, -0.15) is 4.31 Å². The van der Waals surface area contributed by atoms with E-state index in [-0.39, 0.29) is 16.9 Å². The number of rotatable bonds is 3. The number of hydrogen-bond acceptors (Lipinski definition) is 3. The molecule has 5 nitrogen and oxygen atoms in total. The van der Waals surface area contributed by atoms with Crippen molar-refractivity contribution in [1.29, 1.82) is 0 Å². The molecule has 0 saturated heterocycles. The average Bonchev–Trinajstić information content (AvgIpc) is 2.72. The summed E-state index contributed by atoms with van der Waals surface area (Å²) in [6.07, 6.45) is 0. The Hall–Kier alpha value is -3.12. The lowest BCUT2D eigenvalue weighted by atomic mass is 9.87. The fraction of sp³-hybridized carbons (Fsp3) is 0.269. The standard InChI is InChI=1S/C26H28N2O3S/c1-18-10-15-22(19(2)16-18)28-25(29)27(23-8-6-7-9-24(23)32(28,30)31)17-20-11-13-21(14-12-20)26(3,4)5/h6-16H,17H2,1-5H3. The van der Waals surface area contributed by atoms with Gasteiger partial charge in [-0.3, -0.25) is 4.90 Å². The number of nitrogens with zero attached hydrogens (tertiary/aromatic N) is 2. The molecule has 0 radical (unpaired) electrons. The highest BCUT2D eigenvalue weighted by atomic mass is 32.2. The zero-order valence-electron chi connectivity index (χ0n) is 19.1. The van der Waals surface area contributed by atoms with Crippen molar-refractivity contribution in [3.05, 3.63) is 89.0 Å². The van der Waals surface area contributed by atoms with E-state index < -0.39 is 16.1 Å². The summed E-state index contributed by atoms with van der Waals surface area (Å²) in [4.78, 5) is 15.3. The minimum Gasteiger partial charge on any atom is -0.287 e. The van der Waals surface area contributed by atoms with Crippen molar-refractivity contribution in [1.82, 2.24) is 0 Å². The van der Waals surface area contributed by atoms with Crippen LogP contribution in [0.2, 0.25) is 0 Å². The number of fused-ring (bicyclic) bond motifs is 1. The number of anilines is 2. The minimum absolute atomic E-state index is 0.0277. The van der Waals surface area contributed by atoms with Crippen molar-refractivity contribution in [2.24, 2.45) is 0 Å². The molecule has 32 heavy (non-hydrogen) atoms. The highest BCUT2D eigenvalue weighted by Crippen LogP contribution is 2.39. The quantitative estimate of drug-likeness (QED) is 0.498. The topological polar surface area (TPSA) is 57.7 Å². The maximum atomic E-state index is 13.6. The summed E-state index contributed by atoms with van der Waals surface area (Å²) in [5, 5.41) is 0. The first-order valence-corrected chi connectivity index (χ1v) is 12.1. The molecule has 0 fully saturated rings. The van der Waals surface area contributed by atoms with E-state index in [0.717, 1.165) is 21.0 Å². The Morgan fingerprint density at radius 3 is 2.12 bits per heavy atom. The smallest absolute Gasteiger partial charge is 0.287 e. The molecular formula is C26H28N2O3S. The summed E-state index contributed by atoms with van der Waals surface area (Å²) < 4.78 is 27.9. The molecule has 6 heteroatoms. The normalized spacial score (nSPS) is 15.6. The van der Waals surface area contributed by atoms with Gasteiger partial charge in [0.1, 0.15) is 4.90 Å². The number of urea groups is 1. The van der Waals surface area contributed by atoms with Crippen LogP contribution in [0, 0.1) is 13.8 Å². The summed E-state index contributed by atoms with van der Waals surface area (Å²) in [6.45, 7) is 10.5. The summed E-state index contributed by atoms with van der Waals surface area (Å²) >= 11 is 0. The first-order chi connectivity index (χ1) is 15.0.